The molecule has 0 spiro atoms. The Hall–Kier alpha value is -2.23. The molecule has 2 aromatic rings. The summed E-state index contributed by atoms with van der Waals surface area (Å²) in [6.45, 7) is -0.213. The molecular formula is C16H26N7O8P. The van der Waals surface area contributed by atoms with Gasteiger partial charge in [-0.25, -0.2) is 19.5 Å². The smallest absolute Gasteiger partial charge is 0.455 e. The number of hydrogen-bond acceptors (Lipinski definition) is 12. The lowest BCUT2D eigenvalue weighted by Gasteiger charge is -2.22. The highest BCUT2D eigenvalue weighted by Crippen LogP contribution is 2.39. The molecule has 5 atom stereocenters. The number of aliphatic hydroxyl groups excluding tert-OH is 1. The number of aliphatic hydroxyl groups is 1. The van der Waals surface area contributed by atoms with Crippen molar-refractivity contribution < 1.29 is 38.3 Å². The molecule has 0 bridgehead atoms. The number of phosphoric acid groups is 1. The van der Waals surface area contributed by atoms with Crippen LogP contribution in [0, 0.1) is 0 Å². The number of unbranched alkanes of at least 4 members (excludes halogenated alkanes) is 1. The largest absolute Gasteiger partial charge is 0.469 e. The monoisotopic (exact) mass is 475 g/mol. The van der Waals surface area contributed by atoms with E-state index in [1.807, 2.05) is 0 Å². The third-order valence-electron chi connectivity index (χ3n) is 4.90. The van der Waals surface area contributed by atoms with Gasteiger partial charge in [0.05, 0.1) is 12.9 Å². The molecule has 32 heavy (non-hydrogen) atoms. The van der Waals surface area contributed by atoms with Crippen molar-refractivity contribution in [3.63, 3.8) is 0 Å². The minimum Gasteiger partial charge on any atom is -0.455 e. The molecule has 3 heterocycles. The molecule has 2 aromatic heterocycles. The molecule has 0 amide bonds. The van der Waals surface area contributed by atoms with Gasteiger partial charge in [-0.05, 0) is 19.4 Å². The van der Waals surface area contributed by atoms with Crippen molar-refractivity contribution in [3.05, 3.63) is 12.7 Å². The van der Waals surface area contributed by atoms with E-state index in [0.29, 0.717) is 25.8 Å². The molecule has 3 rings (SSSR count). The summed E-state index contributed by atoms with van der Waals surface area (Å²) in [5, 5.41) is 10.9. The first-order valence-electron chi connectivity index (χ1n) is 9.75. The second kappa shape index (κ2) is 10.1. The van der Waals surface area contributed by atoms with Crippen molar-refractivity contribution in [1.82, 2.24) is 19.5 Å². The first-order chi connectivity index (χ1) is 15.1. The van der Waals surface area contributed by atoms with E-state index in [4.69, 9.17) is 36.5 Å². The lowest BCUT2D eigenvalue weighted by atomic mass is 10.1. The Morgan fingerprint density at radius 3 is 2.75 bits per heavy atom. The van der Waals surface area contributed by atoms with Gasteiger partial charge in [-0.2, -0.15) is 0 Å². The van der Waals surface area contributed by atoms with Gasteiger partial charge in [-0.3, -0.25) is 13.9 Å². The summed E-state index contributed by atoms with van der Waals surface area (Å²) in [5.41, 5.74) is 17.6. The molecule has 0 radical (unpaired) electrons. The summed E-state index contributed by atoms with van der Waals surface area (Å²) in [4.78, 5) is 42.5. The maximum Gasteiger partial charge on any atom is 0.469 e. The fourth-order valence-electron chi connectivity index (χ4n) is 3.30. The van der Waals surface area contributed by atoms with Crippen molar-refractivity contribution in [1.29, 1.82) is 0 Å². The molecule has 1 fully saturated rings. The number of imidazole rings is 1. The zero-order chi connectivity index (χ0) is 23.5. The predicted molar refractivity (Wildman–Crippen MR) is 108 cm³/mol. The van der Waals surface area contributed by atoms with Crippen LogP contribution in [0.5, 0.6) is 0 Å². The van der Waals surface area contributed by atoms with Crippen LogP contribution in [0.4, 0.5) is 5.82 Å². The number of esters is 1. The molecule has 1 saturated heterocycles. The Labute approximate surface area is 182 Å². The topological polar surface area (TPSA) is 244 Å². The summed E-state index contributed by atoms with van der Waals surface area (Å²) in [6, 6.07) is -0.974. The minimum atomic E-state index is -4.86. The van der Waals surface area contributed by atoms with Crippen LogP contribution in [0.1, 0.15) is 25.5 Å². The van der Waals surface area contributed by atoms with Crippen LogP contribution in [-0.2, 0) is 23.4 Å². The highest BCUT2D eigenvalue weighted by molar-refractivity contribution is 7.46. The summed E-state index contributed by atoms with van der Waals surface area (Å²) in [5.74, 6) is -0.701. The van der Waals surface area contributed by atoms with Crippen molar-refractivity contribution in [2.24, 2.45) is 11.5 Å². The van der Waals surface area contributed by atoms with Gasteiger partial charge in [0.2, 0.25) is 0 Å². The van der Waals surface area contributed by atoms with Crippen LogP contribution >= 0.6 is 7.82 Å². The second-order valence-electron chi connectivity index (χ2n) is 7.22. The maximum absolute atomic E-state index is 12.4. The summed E-state index contributed by atoms with van der Waals surface area (Å²) < 4.78 is 28.1. The van der Waals surface area contributed by atoms with E-state index in [1.54, 1.807) is 0 Å². The van der Waals surface area contributed by atoms with E-state index in [2.05, 4.69) is 19.5 Å². The number of carbonyl (C=O) groups excluding carboxylic acids is 1. The van der Waals surface area contributed by atoms with Crippen molar-refractivity contribution in [2.45, 2.75) is 49.8 Å². The fraction of sp³-hybridized carbons (Fsp3) is 0.625. The number of aromatic nitrogens is 4. The number of nitrogen functional groups attached to an aromatic ring is 1. The van der Waals surface area contributed by atoms with E-state index in [0.717, 1.165) is 0 Å². The fourth-order valence-corrected chi connectivity index (χ4v) is 3.64. The lowest BCUT2D eigenvalue weighted by Crippen LogP contribution is -2.43. The molecule has 0 aliphatic carbocycles. The van der Waals surface area contributed by atoms with Gasteiger partial charge in [0.1, 0.15) is 30.1 Å². The molecule has 0 aromatic carbocycles. The van der Waals surface area contributed by atoms with E-state index < -0.39 is 51.0 Å². The van der Waals surface area contributed by atoms with Gasteiger partial charge in [-0.15, -0.1) is 0 Å². The van der Waals surface area contributed by atoms with Gasteiger partial charge < -0.3 is 41.6 Å². The standard InChI is InChI=1S/C16H26N7O8P/c17-4-2-1-3-8(18)16(25)31-12-9(5-29-32(26,27)28)30-15(11(12)24)23-7-22-10-13(19)20-6-21-14(10)23/h6-9,11-12,15,24H,1-5,17-18H2,(H2,19,20,21)(H2,26,27,28). The van der Waals surface area contributed by atoms with Crippen LogP contribution in [-0.4, -0.2) is 77.9 Å². The summed E-state index contributed by atoms with van der Waals surface area (Å²) in [6.07, 6.45) is -1.11. The van der Waals surface area contributed by atoms with E-state index >= 15 is 0 Å². The molecule has 1 aliphatic rings. The quantitative estimate of drug-likeness (QED) is 0.125. The molecule has 16 heteroatoms. The summed E-state index contributed by atoms with van der Waals surface area (Å²) >= 11 is 0. The second-order valence-corrected chi connectivity index (χ2v) is 8.46. The number of nitrogens with zero attached hydrogens (tertiary/aromatic N) is 4. The Kier molecular flexibility index (Phi) is 7.74. The van der Waals surface area contributed by atoms with E-state index in [1.165, 1.54) is 17.2 Å². The third kappa shape index (κ3) is 5.57. The number of hydrogen-bond donors (Lipinski definition) is 6. The number of ether oxygens (including phenoxy) is 2. The molecule has 5 unspecified atom stereocenters. The van der Waals surface area contributed by atoms with Crippen molar-refractivity contribution in [3.8, 4) is 0 Å². The number of fused-ring (bicyclic) bond motifs is 1. The first-order valence-corrected chi connectivity index (χ1v) is 11.3. The zero-order valence-electron chi connectivity index (χ0n) is 16.9. The third-order valence-corrected chi connectivity index (χ3v) is 5.39. The molecule has 0 saturated carbocycles. The van der Waals surface area contributed by atoms with Crippen LogP contribution < -0.4 is 17.2 Å². The highest BCUT2D eigenvalue weighted by Gasteiger charge is 2.48. The molecule has 15 nitrogen and oxygen atoms in total. The van der Waals surface area contributed by atoms with Gasteiger partial charge in [0, 0.05) is 0 Å². The average molecular weight is 475 g/mol. The van der Waals surface area contributed by atoms with Crippen LogP contribution in [0.3, 0.4) is 0 Å². The number of carbonyl (C=O) groups is 1. The number of nitrogens with two attached hydrogens (primary N) is 3. The maximum atomic E-state index is 12.4. The first kappa shape index (κ1) is 24.4. The van der Waals surface area contributed by atoms with Crippen molar-refractivity contribution >= 4 is 30.8 Å². The molecule has 9 N–H and O–H groups in total. The predicted octanol–water partition coefficient (Wildman–Crippen LogP) is -1.86. The van der Waals surface area contributed by atoms with Crippen LogP contribution in [0.2, 0.25) is 0 Å². The highest BCUT2D eigenvalue weighted by atomic mass is 31.2. The molecular weight excluding hydrogens is 449 g/mol. The van der Waals surface area contributed by atoms with Gasteiger partial charge in [0.15, 0.2) is 23.8 Å². The van der Waals surface area contributed by atoms with Crippen molar-refractivity contribution in [2.75, 3.05) is 18.9 Å². The SMILES string of the molecule is NCCCCC(N)C(=O)OC1C(COP(=O)(O)O)OC(n2cnc3c(N)ncnc32)C1O. The lowest BCUT2D eigenvalue weighted by molar-refractivity contribution is -0.158. The van der Waals surface area contributed by atoms with E-state index in [-0.39, 0.29) is 17.0 Å². The van der Waals surface area contributed by atoms with Gasteiger partial charge in [-0.1, -0.05) is 6.42 Å². The molecule has 178 valence electrons. The number of anilines is 1. The van der Waals surface area contributed by atoms with Gasteiger partial charge >= 0.3 is 13.8 Å². The Balaban J connectivity index is 1.81. The molecule has 1 aliphatic heterocycles. The van der Waals surface area contributed by atoms with E-state index in [9.17, 15) is 14.5 Å². The van der Waals surface area contributed by atoms with Gasteiger partial charge in [0.25, 0.3) is 0 Å². The number of rotatable bonds is 10. The van der Waals surface area contributed by atoms with Crippen LogP contribution in [0.25, 0.3) is 11.2 Å². The number of phosphoric ester groups is 1. The zero-order valence-corrected chi connectivity index (χ0v) is 17.8. The Bertz CT molecular complexity index is 984. The van der Waals surface area contributed by atoms with Crippen LogP contribution in [0.15, 0.2) is 12.7 Å². The Morgan fingerprint density at radius 1 is 1.31 bits per heavy atom. The Morgan fingerprint density at radius 2 is 2.06 bits per heavy atom. The normalized spacial score (nSPS) is 24.7. The average Bonchev–Trinajstić information content (AvgIpc) is 3.28. The minimum absolute atomic E-state index is 0.106. The summed E-state index contributed by atoms with van der Waals surface area (Å²) in [7, 11) is -4.86.